The molecular weight excluding hydrogens is 210 g/mol. The van der Waals surface area contributed by atoms with Gasteiger partial charge in [-0.15, -0.1) is 0 Å². The minimum atomic E-state index is 0.229. The van der Waals surface area contributed by atoms with Crippen LogP contribution in [0.4, 0.5) is 0 Å². The van der Waals surface area contributed by atoms with E-state index in [9.17, 15) is 0 Å². The Morgan fingerprint density at radius 3 is 2.94 bits per heavy atom. The van der Waals surface area contributed by atoms with Gasteiger partial charge in [0.15, 0.2) is 0 Å². The molecule has 1 aromatic heterocycles. The fourth-order valence-corrected chi connectivity index (χ4v) is 2.47. The van der Waals surface area contributed by atoms with E-state index in [0.717, 1.165) is 31.0 Å². The van der Waals surface area contributed by atoms with E-state index in [1.165, 1.54) is 5.56 Å². The molecule has 3 heteroatoms. The van der Waals surface area contributed by atoms with Crippen LogP contribution in [-0.2, 0) is 6.54 Å². The monoisotopic (exact) mass is 227 g/mol. The molecule has 1 aliphatic heterocycles. The first-order valence-corrected chi connectivity index (χ1v) is 6.16. The van der Waals surface area contributed by atoms with E-state index in [1.54, 1.807) is 0 Å². The highest BCUT2D eigenvalue weighted by atomic mass is 15.1. The Morgan fingerprint density at radius 2 is 2.12 bits per heavy atom. The summed E-state index contributed by atoms with van der Waals surface area (Å²) in [5.74, 6) is 1.14. The van der Waals surface area contributed by atoms with Crippen molar-refractivity contribution in [3.8, 4) is 0 Å². The van der Waals surface area contributed by atoms with E-state index in [0.29, 0.717) is 0 Å². The van der Waals surface area contributed by atoms with Crippen molar-refractivity contribution >= 4 is 0 Å². The zero-order valence-corrected chi connectivity index (χ0v) is 10.1. The summed E-state index contributed by atoms with van der Waals surface area (Å²) in [4.78, 5) is 4.67. The van der Waals surface area contributed by atoms with Crippen molar-refractivity contribution in [2.75, 3.05) is 6.54 Å². The summed E-state index contributed by atoms with van der Waals surface area (Å²) < 4.78 is 2.28. The van der Waals surface area contributed by atoms with Crippen LogP contribution < -0.4 is 5.32 Å². The van der Waals surface area contributed by atoms with Gasteiger partial charge in [0, 0.05) is 12.7 Å². The van der Waals surface area contributed by atoms with Crippen molar-refractivity contribution in [3.63, 3.8) is 0 Å². The Kier molecular flexibility index (Phi) is 2.69. The fraction of sp³-hybridized carbons (Fsp3) is 0.357. The lowest BCUT2D eigenvalue weighted by atomic mass is 10.1. The highest BCUT2D eigenvalue weighted by molar-refractivity contribution is 5.26. The third kappa shape index (κ3) is 1.98. The van der Waals surface area contributed by atoms with Gasteiger partial charge in [0.2, 0.25) is 0 Å². The average molecular weight is 227 g/mol. The van der Waals surface area contributed by atoms with Gasteiger partial charge in [0.05, 0.1) is 11.7 Å². The molecular formula is C14H17N3. The first kappa shape index (κ1) is 10.5. The quantitative estimate of drug-likeness (QED) is 0.810. The lowest BCUT2D eigenvalue weighted by Crippen LogP contribution is -2.23. The van der Waals surface area contributed by atoms with Gasteiger partial charge in [-0.3, -0.25) is 0 Å². The minimum Gasteiger partial charge on any atom is -0.333 e. The van der Waals surface area contributed by atoms with Crippen LogP contribution in [0.2, 0.25) is 0 Å². The van der Waals surface area contributed by atoms with Crippen LogP contribution in [0.15, 0.2) is 36.5 Å². The van der Waals surface area contributed by atoms with Crippen LogP contribution >= 0.6 is 0 Å². The standard InChI is InChI=1S/C14H17N3/c1-11-10-17-9-5-8-15-13(14(17)16-11)12-6-3-2-4-7-12/h2-4,6-7,10,13,15H,5,8-9H2,1H3. The summed E-state index contributed by atoms with van der Waals surface area (Å²) in [5.41, 5.74) is 2.39. The van der Waals surface area contributed by atoms with Crippen LogP contribution in [0.5, 0.6) is 0 Å². The Hall–Kier alpha value is -1.61. The van der Waals surface area contributed by atoms with Gasteiger partial charge >= 0.3 is 0 Å². The van der Waals surface area contributed by atoms with Crippen molar-refractivity contribution in [3.05, 3.63) is 53.6 Å². The lowest BCUT2D eigenvalue weighted by molar-refractivity contribution is 0.599. The molecule has 1 aromatic carbocycles. The highest BCUT2D eigenvalue weighted by Gasteiger charge is 2.21. The number of aryl methyl sites for hydroxylation is 2. The predicted octanol–water partition coefficient (Wildman–Crippen LogP) is 2.27. The third-order valence-electron chi connectivity index (χ3n) is 3.24. The molecule has 1 unspecified atom stereocenters. The Balaban J connectivity index is 2.05. The molecule has 88 valence electrons. The van der Waals surface area contributed by atoms with Crippen LogP contribution in [0.25, 0.3) is 0 Å². The zero-order valence-electron chi connectivity index (χ0n) is 10.1. The number of imidazole rings is 1. The molecule has 0 saturated carbocycles. The summed E-state index contributed by atoms with van der Waals surface area (Å²) in [5, 5.41) is 3.58. The molecule has 3 rings (SSSR count). The largest absolute Gasteiger partial charge is 0.333 e. The van der Waals surface area contributed by atoms with E-state index in [-0.39, 0.29) is 6.04 Å². The van der Waals surface area contributed by atoms with E-state index in [4.69, 9.17) is 0 Å². The molecule has 0 bridgehead atoms. The molecule has 0 amide bonds. The number of fused-ring (bicyclic) bond motifs is 1. The Bertz CT molecular complexity index is 501. The first-order chi connectivity index (χ1) is 8.34. The van der Waals surface area contributed by atoms with E-state index >= 15 is 0 Å². The van der Waals surface area contributed by atoms with Gasteiger partial charge in [-0.2, -0.15) is 0 Å². The van der Waals surface area contributed by atoms with E-state index in [1.807, 2.05) is 0 Å². The summed E-state index contributed by atoms with van der Waals surface area (Å²) in [6.07, 6.45) is 3.31. The molecule has 2 aromatic rings. The van der Waals surface area contributed by atoms with Gasteiger partial charge in [-0.1, -0.05) is 30.3 Å². The number of rotatable bonds is 1. The predicted molar refractivity (Wildman–Crippen MR) is 67.9 cm³/mol. The van der Waals surface area contributed by atoms with E-state index in [2.05, 4.69) is 58.3 Å². The summed E-state index contributed by atoms with van der Waals surface area (Å²) in [6, 6.07) is 10.8. The maximum Gasteiger partial charge on any atom is 0.130 e. The molecule has 0 radical (unpaired) electrons. The van der Waals surface area contributed by atoms with Crippen molar-refractivity contribution in [2.45, 2.75) is 25.9 Å². The molecule has 3 nitrogen and oxygen atoms in total. The van der Waals surface area contributed by atoms with Crippen LogP contribution in [0.3, 0.4) is 0 Å². The van der Waals surface area contributed by atoms with Crippen molar-refractivity contribution < 1.29 is 0 Å². The van der Waals surface area contributed by atoms with Crippen molar-refractivity contribution in [1.82, 2.24) is 14.9 Å². The van der Waals surface area contributed by atoms with Crippen molar-refractivity contribution in [2.24, 2.45) is 0 Å². The molecule has 0 fully saturated rings. The smallest absolute Gasteiger partial charge is 0.130 e. The topological polar surface area (TPSA) is 29.9 Å². The minimum absolute atomic E-state index is 0.229. The van der Waals surface area contributed by atoms with Crippen LogP contribution in [0.1, 0.15) is 29.5 Å². The molecule has 1 atom stereocenters. The maximum atomic E-state index is 4.67. The van der Waals surface area contributed by atoms with Gasteiger partial charge in [0.25, 0.3) is 0 Å². The van der Waals surface area contributed by atoms with Gasteiger partial charge in [-0.05, 0) is 25.5 Å². The molecule has 0 aliphatic carbocycles. The summed E-state index contributed by atoms with van der Waals surface area (Å²) in [6.45, 7) is 4.16. The van der Waals surface area contributed by atoms with Gasteiger partial charge in [0.1, 0.15) is 5.82 Å². The fourth-order valence-electron chi connectivity index (χ4n) is 2.47. The number of aromatic nitrogens is 2. The second kappa shape index (κ2) is 4.34. The van der Waals surface area contributed by atoms with Gasteiger partial charge in [-0.25, -0.2) is 4.98 Å². The molecule has 0 saturated heterocycles. The average Bonchev–Trinajstić information content (AvgIpc) is 2.61. The summed E-state index contributed by atoms with van der Waals surface area (Å²) >= 11 is 0. The normalized spacial score (nSPS) is 19.7. The number of hydrogen-bond acceptors (Lipinski definition) is 2. The SMILES string of the molecule is Cc1cn2c(n1)C(c1ccccc1)NCCC2. The number of nitrogens with zero attached hydrogens (tertiary/aromatic N) is 2. The van der Waals surface area contributed by atoms with E-state index < -0.39 is 0 Å². The Morgan fingerprint density at radius 1 is 1.29 bits per heavy atom. The first-order valence-electron chi connectivity index (χ1n) is 6.16. The third-order valence-corrected chi connectivity index (χ3v) is 3.24. The second-order valence-corrected chi connectivity index (χ2v) is 4.59. The molecule has 0 spiro atoms. The Labute approximate surface area is 101 Å². The number of hydrogen-bond donors (Lipinski definition) is 1. The van der Waals surface area contributed by atoms with Crippen LogP contribution in [-0.4, -0.2) is 16.1 Å². The molecule has 17 heavy (non-hydrogen) atoms. The number of nitrogens with one attached hydrogen (secondary N) is 1. The lowest BCUT2D eigenvalue weighted by Gasteiger charge is -2.16. The highest BCUT2D eigenvalue weighted by Crippen LogP contribution is 2.23. The van der Waals surface area contributed by atoms with Crippen LogP contribution in [0, 0.1) is 6.92 Å². The molecule has 2 heterocycles. The van der Waals surface area contributed by atoms with Crippen molar-refractivity contribution in [1.29, 1.82) is 0 Å². The summed E-state index contributed by atoms with van der Waals surface area (Å²) in [7, 11) is 0. The molecule has 1 N–H and O–H groups in total. The molecule has 1 aliphatic rings. The maximum absolute atomic E-state index is 4.67. The zero-order chi connectivity index (χ0) is 11.7. The number of benzene rings is 1. The second-order valence-electron chi connectivity index (χ2n) is 4.59. The van der Waals surface area contributed by atoms with Gasteiger partial charge < -0.3 is 9.88 Å².